The number of fused-ring (bicyclic) bond motifs is 2. The van der Waals surface area contributed by atoms with Crippen LogP contribution >= 0.6 is 0 Å². The third kappa shape index (κ3) is 2.82. The highest BCUT2D eigenvalue weighted by Crippen LogP contribution is 2.38. The topological polar surface area (TPSA) is 69.4 Å². The summed E-state index contributed by atoms with van der Waals surface area (Å²) in [5.74, 6) is 1.09. The van der Waals surface area contributed by atoms with Gasteiger partial charge in [-0.25, -0.2) is 0 Å². The van der Waals surface area contributed by atoms with Crippen LogP contribution in [0, 0.1) is 0 Å². The van der Waals surface area contributed by atoms with E-state index in [1.807, 2.05) is 6.20 Å². The first-order valence-corrected chi connectivity index (χ1v) is 9.86. The summed E-state index contributed by atoms with van der Waals surface area (Å²) >= 11 is 0. The lowest BCUT2D eigenvalue weighted by atomic mass is 9.88. The molecule has 5 heteroatoms. The summed E-state index contributed by atoms with van der Waals surface area (Å²) < 4.78 is 0. The second-order valence-corrected chi connectivity index (χ2v) is 7.92. The second-order valence-electron chi connectivity index (χ2n) is 7.92. The molecule has 3 N–H and O–H groups in total. The van der Waals surface area contributed by atoms with Crippen molar-refractivity contribution in [1.29, 1.82) is 0 Å². The fourth-order valence-corrected chi connectivity index (χ4v) is 4.43. The van der Waals surface area contributed by atoms with Crippen LogP contribution < -0.4 is 5.32 Å². The molecule has 0 aliphatic carbocycles. The minimum atomic E-state index is 0.425. The van der Waals surface area contributed by atoms with Crippen LogP contribution in [0.1, 0.15) is 49.7 Å². The average Bonchev–Trinajstić information content (AvgIpc) is 3.31. The number of H-pyrrole nitrogens is 2. The van der Waals surface area contributed by atoms with Crippen LogP contribution in [0.5, 0.6) is 0 Å². The highest BCUT2D eigenvalue weighted by molar-refractivity contribution is 5.93. The van der Waals surface area contributed by atoms with Crippen molar-refractivity contribution in [2.45, 2.75) is 38.5 Å². The molecule has 0 bridgehead atoms. The molecule has 3 aromatic heterocycles. The third-order valence-corrected chi connectivity index (χ3v) is 5.83. The van der Waals surface area contributed by atoms with Gasteiger partial charge in [0.25, 0.3) is 0 Å². The molecular weight excluding hydrogens is 334 g/mol. The van der Waals surface area contributed by atoms with Gasteiger partial charge in [0.05, 0.1) is 17.4 Å². The summed E-state index contributed by atoms with van der Waals surface area (Å²) in [6.07, 6.45) is 6.15. The number of nitrogens with one attached hydrogen (secondary N) is 3. The number of benzene rings is 1. The molecule has 1 aliphatic rings. The minimum absolute atomic E-state index is 0.425. The van der Waals surface area contributed by atoms with Crippen molar-refractivity contribution in [2.75, 3.05) is 13.1 Å². The van der Waals surface area contributed by atoms with Crippen molar-refractivity contribution in [3.63, 3.8) is 0 Å². The Kier molecular flexibility index (Phi) is 3.97. The van der Waals surface area contributed by atoms with E-state index in [0.717, 1.165) is 29.7 Å². The maximum Gasteiger partial charge on any atom is 0.108 e. The summed E-state index contributed by atoms with van der Waals surface area (Å²) in [6, 6.07) is 9.12. The van der Waals surface area contributed by atoms with Crippen molar-refractivity contribution in [3.05, 3.63) is 47.8 Å². The van der Waals surface area contributed by atoms with Gasteiger partial charge in [0, 0.05) is 22.7 Å². The van der Waals surface area contributed by atoms with Gasteiger partial charge in [0.2, 0.25) is 0 Å². The van der Waals surface area contributed by atoms with E-state index in [-0.39, 0.29) is 0 Å². The minimum Gasteiger partial charge on any atom is -0.354 e. The van der Waals surface area contributed by atoms with Gasteiger partial charge in [0.15, 0.2) is 0 Å². The maximum atomic E-state index is 4.56. The Morgan fingerprint density at radius 2 is 1.89 bits per heavy atom. The van der Waals surface area contributed by atoms with E-state index in [2.05, 4.69) is 63.6 Å². The molecule has 0 amide bonds. The van der Waals surface area contributed by atoms with Crippen LogP contribution in [0.2, 0.25) is 0 Å². The fourth-order valence-electron chi connectivity index (χ4n) is 4.43. The number of aromatic amines is 2. The number of nitrogens with zero attached hydrogens (tertiary/aromatic N) is 2. The normalized spacial score (nSPS) is 16.0. The van der Waals surface area contributed by atoms with E-state index in [4.69, 9.17) is 0 Å². The first-order chi connectivity index (χ1) is 13.2. The molecule has 0 unspecified atom stereocenters. The van der Waals surface area contributed by atoms with E-state index in [0.29, 0.717) is 11.8 Å². The third-order valence-electron chi connectivity index (χ3n) is 5.83. The zero-order valence-corrected chi connectivity index (χ0v) is 15.8. The van der Waals surface area contributed by atoms with E-state index >= 15 is 0 Å². The SMILES string of the molecule is CC(C)c1c(-c2cnc3cn[nH]c3c2)[nH]c2ccc(C3CCNCC3)cc12. The molecule has 138 valence electrons. The monoisotopic (exact) mass is 359 g/mol. The van der Waals surface area contributed by atoms with E-state index in [1.54, 1.807) is 6.20 Å². The molecule has 4 aromatic rings. The Labute approximate surface area is 158 Å². The predicted molar refractivity (Wildman–Crippen MR) is 110 cm³/mol. The Morgan fingerprint density at radius 3 is 2.70 bits per heavy atom. The average molecular weight is 359 g/mol. The molecule has 1 aliphatic heterocycles. The van der Waals surface area contributed by atoms with Crippen molar-refractivity contribution < 1.29 is 0 Å². The van der Waals surface area contributed by atoms with Crippen molar-refractivity contribution in [2.24, 2.45) is 0 Å². The zero-order chi connectivity index (χ0) is 18.4. The molecule has 0 saturated carbocycles. The lowest BCUT2D eigenvalue weighted by molar-refractivity contribution is 0.460. The molecule has 0 spiro atoms. The standard InChI is InChI=1S/C22H25N5/c1-13(2)21-17-9-15(14-5-7-23-8-6-14)3-4-18(17)26-22(21)16-10-19-20(24-11-16)12-25-27-19/h3-4,9-14,23,26H,5-8H2,1-2H3,(H,25,27). The van der Waals surface area contributed by atoms with E-state index < -0.39 is 0 Å². The van der Waals surface area contributed by atoms with Crippen LogP contribution in [0.15, 0.2) is 36.7 Å². The number of hydrogen-bond donors (Lipinski definition) is 3. The number of aromatic nitrogens is 4. The van der Waals surface area contributed by atoms with Crippen LogP contribution in [0.3, 0.4) is 0 Å². The highest BCUT2D eigenvalue weighted by Gasteiger charge is 2.20. The molecule has 0 radical (unpaired) electrons. The molecule has 4 heterocycles. The lowest BCUT2D eigenvalue weighted by Gasteiger charge is -2.23. The summed E-state index contributed by atoms with van der Waals surface area (Å²) in [5.41, 5.74) is 8.20. The quantitative estimate of drug-likeness (QED) is 0.497. The van der Waals surface area contributed by atoms with Gasteiger partial charge in [-0.15, -0.1) is 0 Å². The molecule has 0 atom stereocenters. The summed E-state index contributed by atoms with van der Waals surface area (Å²) in [6.45, 7) is 6.78. The zero-order valence-electron chi connectivity index (χ0n) is 15.8. The Balaban J connectivity index is 1.66. The maximum absolute atomic E-state index is 4.56. The van der Waals surface area contributed by atoms with Crippen molar-refractivity contribution in [3.8, 4) is 11.3 Å². The Morgan fingerprint density at radius 1 is 1.04 bits per heavy atom. The number of piperidine rings is 1. The highest BCUT2D eigenvalue weighted by atomic mass is 15.1. The van der Waals surface area contributed by atoms with Gasteiger partial charge in [0.1, 0.15) is 5.52 Å². The van der Waals surface area contributed by atoms with E-state index in [9.17, 15) is 0 Å². The molecule has 1 aromatic carbocycles. The van der Waals surface area contributed by atoms with Gasteiger partial charge in [-0.3, -0.25) is 10.1 Å². The van der Waals surface area contributed by atoms with Gasteiger partial charge in [-0.05, 0) is 67.1 Å². The van der Waals surface area contributed by atoms with Crippen molar-refractivity contribution in [1.82, 2.24) is 25.5 Å². The smallest absolute Gasteiger partial charge is 0.108 e. The summed E-state index contributed by atoms with van der Waals surface area (Å²) in [7, 11) is 0. The first-order valence-electron chi connectivity index (χ1n) is 9.86. The van der Waals surface area contributed by atoms with Crippen molar-refractivity contribution >= 4 is 21.9 Å². The first kappa shape index (κ1) is 16.5. The van der Waals surface area contributed by atoms with Crippen LogP contribution in [0.4, 0.5) is 0 Å². The summed E-state index contributed by atoms with van der Waals surface area (Å²) in [4.78, 5) is 8.22. The lowest BCUT2D eigenvalue weighted by Crippen LogP contribution is -2.26. The van der Waals surface area contributed by atoms with Crippen LogP contribution in [0.25, 0.3) is 33.2 Å². The van der Waals surface area contributed by atoms with Gasteiger partial charge >= 0.3 is 0 Å². The van der Waals surface area contributed by atoms with Crippen LogP contribution in [-0.4, -0.2) is 33.3 Å². The van der Waals surface area contributed by atoms with Gasteiger partial charge in [-0.2, -0.15) is 5.10 Å². The Bertz CT molecular complexity index is 1100. The number of rotatable bonds is 3. The molecule has 5 nitrogen and oxygen atoms in total. The Hall–Kier alpha value is -2.66. The van der Waals surface area contributed by atoms with Gasteiger partial charge in [-0.1, -0.05) is 19.9 Å². The second kappa shape index (κ2) is 6.50. The molecule has 1 fully saturated rings. The number of pyridine rings is 1. The van der Waals surface area contributed by atoms with E-state index in [1.165, 1.54) is 40.6 Å². The molecule has 1 saturated heterocycles. The fraction of sp³-hybridized carbons (Fsp3) is 0.364. The molecule has 5 rings (SSSR count). The molecule has 27 heavy (non-hydrogen) atoms. The predicted octanol–water partition coefficient (Wildman–Crippen LogP) is 4.70. The largest absolute Gasteiger partial charge is 0.354 e. The summed E-state index contributed by atoms with van der Waals surface area (Å²) in [5, 5.41) is 11.9. The molecular formula is C22H25N5. The number of hydrogen-bond acceptors (Lipinski definition) is 3. The van der Waals surface area contributed by atoms with Crippen LogP contribution in [-0.2, 0) is 0 Å². The van der Waals surface area contributed by atoms with Gasteiger partial charge < -0.3 is 10.3 Å².